The van der Waals surface area contributed by atoms with Gasteiger partial charge in [-0.25, -0.2) is 9.78 Å². The Labute approximate surface area is 131 Å². The third-order valence-corrected chi connectivity index (χ3v) is 3.77. The maximum atomic E-state index is 11.4. The highest BCUT2D eigenvalue weighted by Crippen LogP contribution is 2.37. The molecule has 0 bridgehead atoms. The van der Waals surface area contributed by atoms with Crippen molar-refractivity contribution >= 4 is 29.5 Å². The van der Waals surface area contributed by atoms with Gasteiger partial charge < -0.3 is 19.3 Å². The molecular formula is C15H15NO5S. The molecule has 0 saturated heterocycles. The van der Waals surface area contributed by atoms with Gasteiger partial charge in [0.05, 0.1) is 27.5 Å². The molecule has 0 aliphatic rings. The summed E-state index contributed by atoms with van der Waals surface area (Å²) in [5.74, 6) is 0.163. The number of rotatable bonds is 5. The third kappa shape index (κ3) is 3.37. The maximum absolute atomic E-state index is 11.4. The molecule has 2 aromatic rings. The van der Waals surface area contributed by atoms with Gasteiger partial charge in [0.2, 0.25) is 5.75 Å². The summed E-state index contributed by atoms with van der Waals surface area (Å²) >= 11 is 1.22. The Morgan fingerprint density at radius 2 is 1.82 bits per heavy atom. The number of hydrogen-bond acceptors (Lipinski definition) is 7. The lowest BCUT2D eigenvalue weighted by molar-refractivity contribution is 0.0606. The minimum Gasteiger partial charge on any atom is -0.502 e. The van der Waals surface area contributed by atoms with Crippen LogP contribution in [0.3, 0.4) is 0 Å². The predicted molar refractivity (Wildman–Crippen MR) is 83.6 cm³/mol. The monoisotopic (exact) mass is 321 g/mol. The standard InChI is InChI=1S/C15H15NO5S/c1-19-10-6-9(7-11(20-2)14(10)17)4-5-13-16-8-12(22-13)15(18)21-3/h4-8,17H,1-3H3. The highest BCUT2D eigenvalue weighted by atomic mass is 32.1. The molecule has 6 nitrogen and oxygen atoms in total. The van der Waals surface area contributed by atoms with Crippen molar-refractivity contribution in [3.63, 3.8) is 0 Å². The Morgan fingerprint density at radius 3 is 2.36 bits per heavy atom. The topological polar surface area (TPSA) is 77.9 Å². The lowest BCUT2D eigenvalue weighted by Gasteiger charge is -2.09. The molecule has 0 fully saturated rings. The SMILES string of the molecule is COC(=O)c1cnc(C=Cc2cc(OC)c(O)c(OC)c2)s1. The molecule has 1 aromatic carbocycles. The summed E-state index contributed by atoms with van der Waals surface area (Å²) in [7, 11) is 4.25. The van der Waals surface area contributed by atoms with Crippen molar-refractivity contribution in [2.45, 2.75) is 0 Å². The van der Waals surface area contributed by atoms with Gasteiger partial charge in [-0.3, -0.25) is 0 Å². The molecule has 0 amide bonds. The van der Waals surface area contributed by atoms with E-state index in [-0.39, 0.29) is 5.75 Å². The van der Waals surface area contributed by atoms with Crippen LogP contribution in [0.2, 0.25) is 0 Å². The first-order chi connectivity index (χ1) is 10.6. The fourth-order valence-corrected chi connectivity index (χ4v) is 2.48. The van der Waals surface area contributed by atoms with E-state index < -0.39 is 5.97 Å². The second-order valence-corrected chi connectivity index (χ2v) is 5.22. The number of aromatic nitrogens is 1. The van der Waals surface area contributed by atoms with Crippen molar-refractivity contribution in [1.82, 2.24) is 4.98 Å². The predicted octanol–water partition coefficient (Wildman–Crippen LogP) is 2.82. The molecule has 0 aliphatic carbocycles. The third-order valence-electron chi connectivity index (χ3n) is 2.83. The van der Waals surface area contributed by atoms with Crippen molar-refractivity contribution in [2.75, 3.05) is 21.3 Å². The Kier molecular flexibility index (Phi) is 5.00. The highest BCUT2D eigenvalue weighted by Gasteiger charge is 2.11. The average Bonchev–Trinajstić information content (AvgIpc) is 3.02. The van der Waals surface area contributed by atoms with Crippen LogP contribution in [0.25, 0.3) is 12.2 Å². The van der Waals surface area contributed by atoms with Crippen LogP contribution in [0.4, 0.5) is 0 Å². The molecule has 0 atom stereocenters. The number of hydrogen-bond donors (Lipinski definition) is 1. The fraction of sp³-hybridized carbons (Fsp3) is 0.200. The fourth-order valence-electron chi connectivity index (χ4n) is 1.74. The second-order valence-electron chi connectivity index (χ2n) is 4.16. The van der Waals surface area contributed by atoms with Crippen LogP contribution < -0.4 is 9.47 Å². The number of thiazole rings is 1. The molecule has 0 aliphatic heterocycles. The zero-order valence-corrected chi connectivity index (χ0v) is 13.1. The minimum absolute atomic E-state index is 0.0515. The van der Waals surface area contributed by atoms with E-state index in [0.29, 0.717) is 21.4 Å². The van der Waals surface area contributed by atoms with Gasteiger partial charge in [0.15, 0.2) is 11.5 Å². The van der Waals surface area contributed by atoms with E-state index in [1.165, 1.54) is 38.9 Å². The minimum atomic E-state index is -0.412. The molecule has 1 heterocycles. The van der Waals surface area contributed by atoms with E-state index in [9.17, 15) is 9.90 Å². The van der Waals surface area contributed by atoms with Gasteiger partial charge in [0.25, 0.3) is 0 Å². The van der Waals surface area contributed by atoms with Gasteiger partial charge in [-0.15, -0.1) is 11.3 Å². The number of carbonyl (C=O) groups is 1. The van der Waals surface area contributed by atoms with Gasteiger partial charge >= 0.3 is 5.97 Å². The lowest BCUT2D eigenvalue weighted by atomic mass is 10.1. The Balaban J connectivity index is 2.26. The van der Waals surface area contributed by atoms with Gasteiger partial charge in [-0.1, -0.05) is 6.08 Å². The first-order valence-electron chi connectivity index (χ1n) is 6.26. The summed E-state index contributed by atoms with van der Waals surface area (Å²) in [4.78, 5) is 15.9. The number of nitrogens with zero attached hydrogens (tertiary/aromatic N) is 1. The van der Waals surface area contributed by atoms with E-state index in [1.807, 2.05) is 0 Å². The Bertz CT molecular complexity index is 683. The quantitative estimate of drug-likeness (QED) is 0.853. The number of esters is 1. The highest BCUT2D eigenvalue weighted by molar-refractivity contribution is 7.14. The van der Waals surface area contributed by atoms with Crippen LogP contribution in [0.5, 0.6) is 17.2 Å². The number of aromatic hydroxyl groups is 1. The summed E-state index contributed by atoms with van der Waals surface area (Å²) in [6.45, 7) is 0. The van der Waals surface area contributed by atoms with Crippen LogP contribution in [-0.2, 0) is 4.74 Å². The number of carbonyl (C=O) groups excluding carboxylic acids is 1. The molecular weight excluding hydrogens is 306 g/mol. The average molecular weight is 321 g/mol. The molecule has 1 aromatic heterocycles. The smallest absolute Gasteiger partial charge is 0.349 e. The van der Waals surface area contributed by atoms with E-state index >= 15 is 0 Å². The molecule has 116 valence electrons. The van der Waals surface area contributed by atoms with Crippen LogP contribution in [-0.4, -0.2) is 37.4 Å². The van der Waals surface area contributed by atoms with Gasteiger partial charge in [0.1, 0.15) is 9.88 Å². The molecule has 22 heavy (non-hydrogen) atoms. The number of methoxy groups -OCH3 is 3. The molecule has 7 heteroatoms. The van der Waals surface area contributed by atoms with Crippen molar-refractivity contribution in [3.8, 4) is 17.2 Å². The summed E-state index contributed by atoms with van der Waals surface area (Å²) in [5, 5.41) is 10.5. The van der Waals surface area contributed by atoms with E-state index in [2.05, 4.69) is 9.72 Å². The Morgan fingerprint density at radius 1 is 1.18 bits per heavy atom. The van der Waals surface area contributed by atoms with Gasteiger partial charge in [-0.05, 0) is 23.8 Å². The Hall–Kier alpha value is -2.54. The van der Waals surface area contributed by atoms with Crippen LogP contribution in [0, 0.1) is 0 Å². The van der Waals surface area contributed by atoms with Crippen molar-refractivity contribution in [3.05, 3.63) is 33.8 Å². The first-order valence-corrected chi connectivity index (χ1v) is 7.08. The molecule has 0 unspecified atom stereocenters. The summed E-state index contributed by atoms with van der Waals surface area (Å²) in [6.07, 6.45) is 5.00. The first kappa shape index (κ1) is 15.8. The van der Waals surface area contributed by atoms with E-state index in [4.69, 9.17) is 9.47 Å². The zero-order valence-electron chi connectivity index (χ0n) is 12.3. The van der Waals surface area contributed by atoms with E-state index in [0.717, 1.165) is 5.56 Å². The summed E-state index contributed by atoms with van der Waals surface area (Å²) in [5.41, 5.74) is 0.765. The number of phenols is 1. The van der Waals surface area contributed by atoms with Crippen LogP contribution >= 0.6 is 11.3 Å². The summed E-state index contributed by atoms with van der Waals surface area (Å²) < 4.78 is 14.8. The van der Waals surface area contributed by atoms with Crippen LogP contribution in [0.15, 0.2) is 18.3 Å². The molecule has 1 N–H and O–H groups in total. The second kappa shape index (κ2) is 6.95. The zero-order chi connectivity index (χ0) is 16.1. The van der Waals surface area contributed by atoms with Gasteiger partial charge in [-0.2, -0.15) is 0 Å². The van der Waals surface area contributed by atoms with Crippen LogP contribution in [0.1, 0.15) is 20.2 Å². The largest absolute Gasteiger partial charge is 0.502 e. The van der Waals surface area contributed by atoms with Crippen molar-refractivity contribution < 1.29 is 24.1 Å². The molecule has 2 rings (SSSR count). The van der Waals surface area contributed by atoms with Crippen molar-refractivity contribution in [1.29, 1.82) is 0 Å². The number of benzene rings is 1. The molecule has 0 radical (unpaired) electrons. The van der Waals surface area contributed by atoms with E-state index in [1.54, 1.807) is 24.3 Å². The maximum Gasteiger partial charge on any atom is 0.349 e. The molecule has 0 saturated carbocycles. The molecule has 0 spiro atoms. The van der Waals surface area contributed by atoms with Gasteiger partial charge in [0, 0.05) is 0 Å². The lowest BCUT2D eigenvalue weighted by Crippen LogP contribution is -1.96. The number of phenolic OH excluding ortho intramolecular Hbond substituents is 1. The number of ether oxygens (including phenoxy) is 3. The van der Waals surface area contributed by atoms with Crippen molar-refractivity contribution in [2.24, 2.45) is 0 Å². The summed E-state index contributed by atoms with van der Waals surface area (Å²) in [6, 6.07) is 3.34. The normalized spacial score (nSPS) is 10.7.